The van der Waals surface area contributed by atoms with Gasteiger partial charge < -0.3 is 14.4 Å². The summed E-state index contributed by atoms with van der Waals surface area (Å²) in [5.41, 5.74) is 0. The quantitative estimate of drug-likeness (QED) is 0.766. The van der Waals surface area contributed by atoms with Gasteiger partial charge in [0.2, 0.25) is 0 Å². The van der Waals surface area contributed by atoms with Crippen LogP contribution in [0.1, 0.15) is 25.7 Å². The van der Waals surface area contributed by atoms with Crippen LogP contribution in [0.5, 0.6) is 0 Å². The molecule has 0 bridgehead atoms. The normalized spacial score (nSPS) is 22.0. The highest BCUT2D eigenvalue weighted by atomic mass is 35.5. The molecule has 0 saturated carbocycles. The number of hydrogen-bond acceptors (Lipinski definition) is 5. The second-order valence-electron chi connectivity index (χ2n) is 5.77. The van der Waals surface area contributed by atoms with E-state index >= 15 is 0 Å². The number of hydrogen-bond donors (Lipinski definition) is 0. The predicted octanol–water partition coefficient (Wildman–Crippen LogP) is 3.44. The van der Waals surface area contributed by atoms with Crippen molar-refractivity contribution in [2.45, 2.75) is 42.2 Å². The molecular weight excluding hydrogens is 320 g/mol. The molecule has 2 aliphatic rings. The molecule has 0 spiro atoms. The minimum Gasteiger partial charge on any atom is -0.353 e. The summed E-state index contributed by atoms with van der Waals surface area (Å²) >= 11 is 7.80. The van der Waals surface area contributed by atoms with Crippen molar-refractivity contribution < 1.29 is 9.47 Å². The van der Waals surface area contributed by atoms with Gasteiger partial charge in [-0.25, -0.2) is 4.98 Å². The first kappa shape index (κ1) is 16.5. The van der Waals surface area contributed by atoms with Crippen LogP contribution >= 0.6 is 23.4 Å². The van der Waals surface area contributed by atoms with Crippen LogP contribution in [0.3, 0.4) is 0 Å². The number of likely N-dealkylation sites (tertiary alicyclic amines) is 1. The summed E-state index contributed by atoms with van der Waals surface area (Å²) in [5, 5.41) is 2.26. The van der Waals surface area contributed by atoms with E-state index in [-0.39, 0.29) is 6.29 Å². The van der Waals surface area contributed by atoms with Crippen molar-refractivity contribution >= 4 is 23.4 Å². The lowest BCUT2D eigenvalue weighted by Gasteiger charge is -2.33. The lowest BCUT2D eigenvalue weighted by molar-refractivity contribution is -0.182. The van der Waals surface area contributed by atoms with E-state index in [2.05, 4.69) is 9.88 Å². The molecule has 3 rings (SSSR count). The lowest BCUT2D eigenvalue weighted by Crippen LogP contribution is -2.37. The smallest absolute Gasteiger partial charge is 0.158 e. The average molecular weight is 343 g/mol. The summed E-state index contributed by atoms with van der Waals surface area (Å²) in [6, 6.07) is 5.83. The molecule has 0 radical (unpaired) electrons. The first-order valence-electron chi connectivity index (χ1n) is 8.04. The first-order valence-corrected chi connectivity index (χ1v) is 9.30. The molecule has 0 N–H and O–H groups in total. The number of piperidine rings is 1. The Morgan fingerprint density at radius 3 is 2.73 bits per heavy atom. The molecule has 2 fully saturated rings. The topological polar surface area (TPSA) is 34.6 Å². The molecule has 4 nitrogen and oxygen atoms in total. The highest BCUT2D eigenvalue weighted by Gasteiger charge is 2.22. The minimum absolute atomic E-state index is 0.0107. The number of halogens is 1. The van der Waals surface area contributed by atoms with Crippen molar-refractivity contribution in [1.82, 2.24) is 9.88 Å². The summed E-state index contributed by atoms with van der Waals surface area (Å²) in [6.07, 6.45) is 4.41. The fraction of sp³-hybridized carbons (Fsp3) is 0.688. The van der Waals surface area contributed by atoms with Crippen molar-refractivity contribution in [2.24, 2.45) is 0 Å². The van der Waals surface area contributed by atoms with Crippen LogP contribution < -0.4 is 0 Å². The molecule has 2 aliphatic heterocycles. The van der Waals surface area contributed by atoms with Gasteiger partial charge in [0.15, 0.2) is 6.29 Å². The number of nitrogens with zero attached hydrogens (tertiary/aromatic N) is 2. The average Bonchev–Trinajstić information content (AvgIpc) is 2.55. The van der Waals surface area contributed by atoms with E-state index in [1.807, 2.05) is 30.0 Å². The summed E-state index contributed by atoms with van der Waals surface area (Å²) in [6.45, 7) is 5.04. The second-order valence-corrected chi connectivity index (χ2v) is 7.48. The molecule has 1 aromatic rings. The third-order valence-electron chi connectivity index (χ3n) is 4.09. The number of aromatic nitrogens is 1. The molecule has 0 aromatic carbocycles. The van der Waals surface area contributed by atoms with Gasteiger partial charge in [-0.1, -0.05) is 17.7 Å². The van der Waals surface area contributed by atoms with Gasteiger partial charge in [-0.2, -0.15) is 0 Å². The van der Waals surface area contributed by atoms with Crippen molar-refractivity contribution in [3.05, 3.63) is 23.4 Å². The molecule has 6 heteroatoms. The van der Waals surface area contributed by atoms with Crippen LogP contribution in [0.2, 0.25) is 5.15 Å². The van der Waals surface area contributed by atoms with Crippen LogP contribution in [0, 0.1) is 0 Å². The standard InChI is InChI=1S/C16H23ClN2O2S/c17-14-3-1-4-15(18-14)22-13-5-8-19(9-6-13)10-7-16-20-11-2-12-21-16/h1,3-4,13,16H,2,5-12H2. The zero-order valence-corrected chi connectivity index (χ0v) is 14.3. The molecule has 1 aromatic heterocycles. The summed E-state index contributed by atoms with van der Waals surface area (Å²) in [5.74, 6) is 0. The molecule has 0 atom stereocenters. The Kier molecular flexibility index (Phi) is 6.39. The van der Waals surface area contributed by atoms with Gasteiger partial charge in [0.1, 0.15) is 5.15 Å². The maximum Gasteiger partial charge on any atom is 0.158 e. The third kappa shape index (κ3) is 5.10. The Balaban J connectivity index is 1.37. The van der Waals surface area contributed by atoms with Gasteiger partial charge >= 0.3 is 0 Å². The van der Waals surface area contributed by atoms with Gasteiger partial charge in [-0.3, -0.25) is 0 Å². The number of ether oxygens (including phenoxy) is 2. The zero-order valence-electron chi connectivity index (χ0n) is 12.7. The van der Waals surface area contributed by atoms with Gasteiger partial charge in [-0.15, -0.1) is 11.8 Å². The highest BCUT2D eigenvalue weighted by molar-refractivity contribution is 7.99. The summed E-state index contributed by atoms with van der Waals surface area (Å²) in [4.78, 5) is 6.88. The van der Waals surface area contributed by atoms with E-state index in [4.69, 9.17) is 21.1 Å². The molecule has 122 valence electrons. The minimum atomic E-state index is 0.0107. The van der Waals surface area contributed by atoms with Crippen LogP contribution in [0.15, 0.2) is 23.2 Å². The largest absolute Gasteiger partial charge is 0.353 e. The van der Waals surface area contributed by atoms with Gasteiger partial charge in [-0.05, 0) is 44.5 Å². The Bertz CT molecular complexity index is 463. The molecule has 22 heavy (non-hydrogen) atoms. The SMILES string of the molecule is Clc1cccc(SC2CCN(CCC3OCCCO3)CC2)n1. The second kappa shape index (κ2) is 8.50. The van der Waals surface area contributed by atoms with E-state index in [1.54, 1.807) is 0 Å². The fourth-order valence-electron chi connectivity index (χ4n) is 2.87. The van der Waals surface area contributed by atoms with E-state index in [1.165, 1.54) is 12.8 Å². The summed E-state index contributed by atoms with van der Waals surface area (Å²) in [7, 11) is 0. The number of pyridine rings is 1. The van der Waals surface area contributed by atoms with Crippen LogP contribution in [-0.2, 0) is 9.47 Å². The highest BCUT2D eigenvalue weighted by Crippen LogP contribution is 2.29. The van der Waals surface area contributed by atoms with E-state index in [0.717, 1.165) is 50.7 Å². The van der Waals surface area contributed by atoms with Crippen LogP contribution in [0.4, 0.5) is 0 Å². The zero-order chi connectivity index (χ0) is 15.2. The van der Waals surface area contributed by atoms with Crippen LogP contribution in [-0.4, -0.2) is 54.3 Å². The number of thioether (sulfide) groups is 1. The Hall–Kier alpha value is -0.330. The van der Waals surface area contributed by atoms with E-state index < -0.39 is 0 Å². The van der Waals surface area contributed by atoms with Crippen molar-refractivity contribution in [3.8, 4) is 0 Å². The Morgan fingerprint density at radius 1 is 1.23 bits per heavy atom. The first-order chi connectivity index (χ1) is 10.8. The van der Waals surface area contributed by atoms with Crippen molar-refractivity contribution in [3.63, 3.8) is 0 Å². The van der Waals surface area contributed by atoms with Crippen molar-refractivity contribution in [2.75, 3.05) is 32.8 Å². The predicted molar refractivity (Wildman–Crippen MR) is 89.5 cm³/mol. The Morgan fingerprint density at radius 2 is 2.00 bits per heavy atom. The van der Waals surface area contributed by atoms with Gasteiger partial charge in [0.05, 0.1) is 18.2 Å². The number of rotatable bonds is 5. The fourth-order valence-corrected chi connectivity index (χ4v) is 4.18. The monoisotopic (exact) mass is 342 g/mol. The maximum atomic E-state index is 5.94. The van der Waals surface area contributed by atoms with Crippen LogP contribution in [0.25, 0.3) is 0 Å². The Labute approximate surface area is 141 Å². The molecule has 0 unspecified atom stereocenters. The maximum absolute atomic E-state index is 5.94. The van der Waals surface area contributed by atoms with E-state index in [0.29, 0.717) is 10.4 Å². The molecular formula is C16H23ClN2O2S. The van der Waals surface area contributed by atoms with Gasteiger partial charge in [0, 0.05) is 18.2 Å². The molecule has 2 saturated heterocycles. The molecule has 0 amide bonds. The molecule has 0 aliphatic carbocycles. The van der Waals surface area contributed by atoms with Crippen molar-refractivity contribution in [1.29, 1.82) is 0 Å². The summed E-state index contributed by atoms with van der Waals surface area (Å²) < 4.78 is 11.2. The molecule has 3 heterocycles. The third-order valence-corrected chi connectivity index (χ3v) is 5.57. The van der Waals surface area contributed by atoms with Gasteiger partial charge in [0.25, 0.3) is 0 Å². The van der Waals surface area contributed by atoms with E-state index in [9.17, 15) is 0 Å². The lowest BCUT2D eigenvalue weighted by atomic mass is 10.1.